The third-order valence-electron chi connectivity index (χ3n) is 6.23. The Kier molecular flexibility index (Phi) is 3.51. The van der Waals surface area contributed by atoms with Gasteiger partial charge in [-0.05, 0) is 17.7 Å². The lowest BCUT2D eigenvalue weighted by Gasteiger charge is -2.52. The van der Waals surface area contributed by atoms with Gasteiger partial charge in [0.05, 0.1) is 10.7 Å². The number of rotatable bonds is 1. The number of amidine groups is 1. The van der Waals surface area contributed by atoms with E-state index in [1.54, 1.807) is 0 Å². The molecular weight excluding hydrogens is 358 g/mol. The summed E-state index contributed by atoms with van der Waals surface area (Å²) in [7, 11) is 0. The molecule has 0 fully saturated rings. The van der Waals surface area contributed by atoms with Gasteiger partial charge in [-0.15, -0.1) is 0 Å². The Morgan fingerprint density at radius 2 is 1.93 bits per heavy atom. The highest BCUT2D eigenvalue weighted by molar-refractivity contribution is 6.32. The van der Waals surface area contributed by atoms with Crippen molar-refractivity contribution in [1.82, 2.24) is 0 Å². The van der Waals surface area contributed by atoms with E-state index < -0.39 is 10.1 Å². The van der Waals surface area contributed by atoms with Crippen LogP contribution in [0.4, 0.5) is 0 Å². The maximum Gasteiger partial charge on any atom is 0.227 e. The molecule has 0 spiro atoms. The second-order valence-electron chi connectivity index (χ2n) is 7.69. The average Bonchev–Trinajstić information content (AvgIpc) is 3.00. The monoisotopic (exact) mass is 377 g/mol. The number of nitrogens with zero attached hydrogens (tertiary/aromatic N) is 3. The maximum absolute atomic E-state index is 14.3. The lowest BCUT2D eigenvalue weighted by atomic mass is 9.64. The summed E-state index contributed by atoms with van der Waals surface area (Å²) in [5.41, 5.74) is 1.90. The van der Waals surface area contributed by atoms with Gasteiger partial charge in [-0.1, -0.05) is 74.0 Å². The van der Waals surface area contributed by atoms with Crippen LogP contribution in [0.25, 0.3) is 0 Å². The van der Waals surface area contributed by atoms with Crippen molar-refractivity contribution in [1.29, 1.82) is 0 Å². The third-order valence-corrected chi connectivity index (χ3v) is 6.55. The predicted octanol–water partition coefficient (Wildman–Crippen LogP) is 4.81. The SMILES string of the molecule is CC1C=CC(Cl)=C2N=C3C4(c5ccccc5)C(=CC=CC4C)N=C[N+]3([O-])C21. The number of allylic oxidation sites excluding steroid dienone is 5. The summed E-state index contributed by atoms with van der Waals surface area (Å²) in [6, 6.07) is 9.74. The second kappa shape index (κ2) is 5.61. The van der Waals surface area contributed by atoms with Crippen LogP contribution in [0, 0.1) is 17.0 Å². The first kappa shape index (κ1) is 16.9. The zero-order chi connectivity index (χ0) is 18.8. The Morgan fingerprint density at radius 3 is 2.70 bits per heavy atom. The number of quaternary nitrogens is 1. The van der Waals surface area contributed by atoms with Gasteiger partial charge in [0, 0.05) is 11.8 Å². The van der Waals surface area contributed by atoms with Crippen molar-refractivity contribution in [3.8, 4) is 0 Å². The number of fused-ring (bicyclic) bond motifs is 5. The van der Waals surface area contributed by atoms with Crippen molar-refractivity contribution < 1.29 is 4.65 Å². The molecule has 1 aromatic rings. The summed E-state index contributed by atoms with van der Waals surface area (Å²) < 4.78 is -0.665. The van der Waals surface area contributed by atoms with Crippen LogP contribution >= 0.6 is 11.6 Å². The van der Waals surface area contributed by atoms with E-state index in [4.69, 9.17) is 16.6 Å². The Bertz CT molecular complexity index is 1000. The fraction of sp³-hybridized carbons (Fsp3) is 0.273. The molecule has 27 heavy (non-hydrogen) atoms. The van der Waals surface area contributed by atoms with E-state index in [1.165, 1.54) is 6.34 Å². The molecule has 5 atom stereocenters. The van der Waals surface area contributed by atoms with Gasteiger partial charge in [0.2, 0.25) is 5.84 Å². The Balaban J connectivity index is 1.85. The van der Waals surface area contributed by atoms with Crippen molar-refractivity contribution >= 4 is 23.8 Å². The zero-order valence-electron chi connectivity index (χ0n) is 15.2. The van der Waals surface area contributed by atoms with Crippen LogP contribution in [-0.2, 0) is 5.41 Å². The minimum absolute atomic E-state index is 0.0282. The topological polar surface area (TPSA) is 47.8 Å². The minimum Gasteiger partial charge on any atom is -0.620 e. The van der Waals surface area contributed by atoms with Crippen LogP contribution in [0.1, 0.15) is 19.4 Å². The fourth-order valence-corrected chi connectivity index (χ4v) is 5.18. The molecule has 1 aromatic carbocycles. The number of hydrogen-bond acceptors (Lipinski definition) is 3. The largest absolute Gasteiger partial charge is 0.620 e. The standard InChI is InChI=1S/C22H20ClN3O/c1-14-11-12-17(23)19-20(14)26(27)13-24-18-10-6-7-15(2)22(18,21(26)25-19)16-8-4-3-5-9-16/h3-15,20H,1-2H3. The van der Waals surface area contributed by atoms with Gasteiger partial charge in [-0.3, -0.25) is 4.65 Å². The molecule has 0 saturated heterocycles. The molecule has 5 heteroatoms. The van der Waals surface area contributed by atoms with E-state index in [2.05, 4.69) is 30.1 Å². The van der Waals surface area contributed by atoms with Crippen LogP contribution in [0.2, 0.25) is 0 Å². The Hall–Kier alpha value is -2.27. The van der Waals surface area contributed by atoms with Gasteiger partial charge < -0.3 is 5.21 Å². The molecule has 136 valence electrons. The van der Waals surface area contributed by atoms with E-state index in [9.17, 15) is 5.21 Å². The number of halogens is 1. The second-order valence-corrected chi connectivity index (χ2v) is 8.09. The summed E-state index contributed by atoms with van der Waals surface area (Å²) in [5, 5.41) is 14.8. The lowest BCUT2D eigenvalue weighted by molar-refractivity contribution is -0.711. The van der Waals surface area contributed by atoms with Crippen LogP contribution < -0.4 is 0 Å². The highest BCUT2D eigenvalue weighted by atomic mass is 35.5. The third kappa shape index (κ3) is 2.01. The van der Waals surface area contributed by atoms with Gasteiger partial charge in [0.25, 0.3) is 0 Å². The molecule has 0 N–H and O–H groups in total. The molecule has 0 bridgehead atoms. The number of benzene rings is 1. The fourth-order valence-electron chi connectivity index (χ4n) is 4.96. The molecule has 2 aliphatic carbocycles. The molecule has 0 amide bonds. The minimum atomic E-state index is -0.687. The van der Waals surface area contributed by atoms with E-state index in [1.807, 2.05) is 49.4 Å². The Labute approximate surface area is 163 Å². The average molecular weight is 378 g/mol. The first-order valence-electron chi connectivity index (χ1n) is 9.26. The molecule has 2 aliphatic heterocycles. The number of hydrogen-bond donors (Lipinski definition) is 0. The maximum atomic E-state index is 14.3. The van der Waals surface area contributed by atoms with Gasteiger partial charge in [0.1, 0.15) is 11.1 Å². The van der Waals surface area contributed by atoms with Crippen molar-refractivity contribution in [3.63, 3.8) is 0 Å². The van der Waals surface area contributed by atoms with Crippen LogP contribution in [0.5, 0.6) is 0 Å². The van der Waals surface area contributed by atoms with Gasteiger partial charge in [-0.2, -0.15) is 4.99 Å². The number of aliphatic imine (C=N–C) groups is 2. The van der Waals surface area contributed by atoms with Crippen molar-refractivity contribution in [3.05, 3.63) is 87.9 Å². The van der Waals surface area contributed by atoms with Gasteiger partial charge in [0.15, 0.2) is 12.4 Å². The molecule has 4 aliphatic rings. The van der Waals surface area contributed by atoms with Crippen LogP contribution in [-0.4, -0.2) is 22.9 Å². The molecule has 0 radical (unpaired) electrons. The van der Waals surface area contributed by atoms with E-state index in [-0.39, 0.29) is 17.9 Å². The molecule has 5 rings (SSSR count). The van der Waals surface area contributed by atoms with Crippen molar-refractivity contribution in [2.75, 3.05) is 0 Å². The zero-order valence-corrected chi connectivity index (χ0v) is 16.0. The van der Waals surface area contributed by atoms with Crippen LogP contribution in [0.15, 0.2) is 87.1 Å². The van der Waals surface area contributed by atoms with Gasteiger partial charge >= 0.3 is 0 Å². The molecule has 0 aromatic heterocycles. The quantitative estimate of drug-likeness (QED) is 0.511. The normalized spacial score (nSPS) is 38.9. The smallest absolute Gasteiger partial charge is 0.227 e. The predicted molar refractivity (Wildman–Crippen MR) is 109 cm³/mol. The summed E-state index contributed by atoms with van der Waals surface area (Å²) >= 11 is 6.48. The van der Waals surface area contributed by atoms with E-state index in [0.717, 1.165) is 11.3 Å². The summed E-state index contributed by atoms with van der Waals surface area (Å²) in [5.74, 6) is 0.645. The first-order chi connectivity index (χ1) is 13.0. The summed E-state index contributed by atoms with van der Waals surface area (Å²) in [6.45, 7) is 4.17. The van der Waals surface area contributed by atoms with Crippen molar-refractivity contribution in [2.45, 2.75) is 25.3 Å². The van der Waals surface area contributed by atoms with Crippen LogP contribution in [0.3, 0.4) is 0 Å². The molecule has 4 nitrogen and oxygen atoms in total. The number of hydroxylamine groups is 3. The Morgan fingerprint density at radius 1 is 1.15 bits per heavy atom. The highest BCUT2D eigenvalue weighted by Gasteiger charge is 2.62. The first-order valence-corrected chi connectivity index (χ1v) is 9.64. The molecular formula is C22H20ClN3O. The van der Waals surface area contributed by atoms with E-state index >= 15 is 0 Å². The highest BCUT2D eigenvalue weighted by Crippen LogP contribution is 2.53. The molecule has 5 unspecified atom stereocenters. The van der Waals surface area contributed by atoms with Crippen molar-refractivity contribution in [2.24, 2.45) is 21.8 Å². The molecule has 0 saturated carbocycles. The lowest BCUT2D eigenvalue weighted by Crippen LogP contribution is -2.64. The van der Waals surface area contributed by atoms with E-state index in [0.29, 0.717) is 16.6 Å². The molecule has 2 heterocycles. The summed E-state index contributed by atoms with van der Waals surface area (Å²) in [6.07, 6.45) is 11.5. The van der Waals surface area contributed by atoms with Gasteiger partial charge in [-0.25, -0.2) is 4.99 Å². The summed E-state index contributed by atoms with van der Waals surface area (Å²) in [4.78, 5) is 9.61.